The van der Waals surface area contributed by atoms with E-state index >= 15 is 0 Å². The first kappa shape index (κ1) is 10.1. The Morgan fingerprint density at radius 3 is 2.64 bits per heavy atom. The van der Waals surface area contributed by atoms with Gasteiger partial charge in [-0.1, -0.05) is 0 Å². The molecule has 2 rings (SSSR count). The zero-order chi connectivity index (χ0) is 9.80. The number of halogens is 1. The molecule has 0 radical (unpaired) electrons. The second-order valence-corrected chi connectivity index (χ2v) is 9.37. The first-order valence-corrected chi connectivity index (χ1v) is 9.22. The Morgan fingerprint density at radius 2 is 1.93 bits per heavy atom. The second-order valence-electron chi connectivity index (χ2n) is 3.63. The Labute approximate surface area is 92.8 Å². The van der Waals surface area contributed by atoms with Gasteiger partial charge in [-0.2, -0.15) is 0 Å². The van der Waals surface area contributed by atoms with Gasteiger partial charge in [0.15, 0.2) is 0 Å². The molecule has 0 amide bonds. The van der Waals surface area contributed by atoms with Crippen molar-refractivity contribution in [3.8, 4) is 0 Å². The summed E-state index contributed by atoms with van der Waals surface area (Å²) in [5, 5.41) is 7.96. The van der Waals surface area contributed by atoms with E-state index in [-0.39, 0.29) is 0 Å². The maximum absolute atomic E-state index is 7.96. The molecule has 0 unspecified atom stereocenters. The molecule has 1 nitrogen and oxygen atoms in total. The van der Waals surface area contributed by atoms with Crippen LogP contribution in [-0.2, 0) is 4.43 Å². The van der Waals surface area contributed by atoms with Crippen LogP contribution >= 0.6 is 19.8 Å². The Hall–Kier alpha value is -0.380. The second kappa shape index (κ2) is 4.91. The van der Waals surface area contributed by atoms with Gasteiger partial charge >= 0.3 is 93.0 Å². The van der Waals surface area contributed by atoms with Crippen molar-refractivity contribution in [1.82, 2.24) is 0 Å². The number of rotatable bonds is 2. The number of hydrogen-bond donors (Lipinski definition) is 1. The van der Waals surface area contributed by atoms with Crippen molar-refractivity contribution in [2.24, 2.45) is 0 Å². The molecule has 1 aromatic carbocycles. The van der Waals surface area contributed by atoms with E-state index in [9.17, 15) is 0 Å². The molecular weight excluding hydrogens is 285 g/mol. The molecule has 1 saturated heterocycles. The molecule has 1 N–H and O–H groups in total. The molecule has 1 fully saturated rings. The van der Waals surface area contributed by atoms with Gasteiger partial charge in [0.1, 0.15) is 0 Å². The fourth-order valence-electron chi connectivity index (χ4n) is 1.68. The SMILES string of the molecule is N=C1CCCCI1Cc1ccccc1. The van der Waals surface area contributed by atoms with Crippen LogP contribution in [0.2, 0.25) is 0 Å². The third-order valence-corrected chi connectivity index (χ3v) is 8.74. The molecule has 76 valence electrons. The van der Waals surface area contributed by atoms with Gasteiger partial charge in [-0.15, -0.1) is 0 Å². The first-order chi connectivity index (χ1) is 6.86. The molecule has 0 aliphatic carbocycles. The topological polar surface area (TPSA) is 23.9 Å². The van der Waals surface area contributed by atoms with Gasteiger partial charge in [0.05, 0.1) is 0 Å². The zero-order valence-electron chi connectivity index (χ0n) is 8.30. The van der Waals surface area contributed by atoms with Crippen molar-refractivity contribution in [2.45, 2.75) is 23.7 Å². The van der Waals surface area contributed by atoms with Crippen LogP contribution < -0.4 is 0 Å². The third-order valence-electron chi connectivity index (χ3n) is 2.49. The molecule has 1 heterocycles. The van der Waals surface area contributed by atoms with Crippen LogP contribution in [0.4, 0.5) is 0 Å². The summed E-state index contributed by atoms with van der Waals surface area (Å²) in [5.41, 5.74) is 1.45. The Morgan fingerprint density at radius 1 is 1.14 bits per heavy atom. The predicted molar refractivity (Wildman–Crippen MR) is 70.6 cm³/mol. The number of nitrogens with one attached hydrogen (secondary N) is 1. The minimum absolute atomic E-state index is 1.04. The van der Waals surface area contributed by atoms with E-state index in [2.05, 4.69) is 30.3 Å². The van der Waals surface area contributed by atoms with Gasteiger partial charge in [-0.05, 0) is 0 Å². The molecule has 14 heavy (non-hydrogen) atoms. The fourth-order valence-corrected chi connectivity index (χ4v) is 7.35. The van der Waals surface area contributed by atoms with Crippen molar-refractivity contribution in [3.05, 3.63) is 35.9 Å². The molecule has 2 heteroatoms. The quantitative estimate of drug-likeness (QED) is 0.633. The molecule has 1 aliphatic heterocycles. The van der Waals surface area contributed by atoms with Crippen molar-refractivity contribution >= 4 is 23.5 Å². The molecule has 0 aromatic heterocycles. The van der Waals surface area contributed by atoms with Gasteiger partial charge in [-0.3, -0.25) is 0 Å². The van der Waals surface area contributed by atoms with Crippen LogP contribution in [0.5, 0.6) is 0 Å². The van der Waals surface area contributed by atoms with Crippen molar-refractivity contribution in [3.63, 3.8) is 0 Å². The Bertz CT molecular complexity index is 307. The number of alkyl halides is 2. The molecule has 0 spiro atoms. The predicted octanol–water partition coefficient (Wildman–Crippen LogP) is 3.85. The summed E-state index contributed by atoms with van der Waals surface area (Å²) < 4.78 is 3.73. The molecule has 0 saturated carbocycles. The van der Waals surface area contributed by atoms with Gasteiger partial charge < -0.3 is 0 Å². The van der Waals surface area contributed by atoms with Crippen LogP contribution in [0.15, 0.2) is 30.3 Å². The van der Waals surface area contributed by atoms with Crippen LogP contribution in [0.3, 0.4) is 0 Å². The molecule has 0 bridgehead atoms. The molecule has 1 aliphatic rings. The van der Waals surface area contributed by atoms with Crippen LogP contribution in [0.1, 0.15) is 24.8 Å². The Balaban J connectivity index is 2.00. The summed E-state index contributed by atoms with van der Waals surface area (Å²) in [6.07, 6.45) is 3.74. The summed E-state index contributed by atoms with van der Waals surface area (Å²) in [6, 6.07) is 10.7. The first-order valence-electron chi connectivity index (χ1n) is 5.09. The van der Waals surface area contributed by atoms with Gasteiger partial charge in [0.25, 0.3) is 0 Å². The van der Waals surface area contributed by atoms with E-state index in [1.807, 2.05) is 0 Å². The van der Waals surface area contributed by atoms with Gasteiger partial charge in [0, 0.05) is 0 Å². The van der Waals surface area contributed by atoms with E-state index in [1.54, 1.807) is 0 Å². The van der Waals surface area contributed by atoms with Crippen LogP contribution in [-0.4, -0.2) is 8.15 Å². The third kappa shape index (κ3) is 2.56. The van der Waals surface area contributed by atoms with E-state index in [1.165, 1.54) is 27.3 Å². The number of hydrogen-bond acceptors (Lipinski definition) is 1. The summed E-state index contributed by atoms with van der Waals surface area (Å²) in [4.78, 5) is 0. The number of benzene rings is 1. The van der Waals surface area contributed by atoms with E-state index in [0.29, 0.717) is 0 Å². The zero-order valence-corrected chi connectivity index (χ0v) is 10.5. The average Bonchev–Trinajstić information content (AvgIpc) is 2.23. The van der Waals surface area contributed by atoms with E-state index in [0.717, 1.165) is 10.1 Å². The molecular formula is C12H16IN. The van der Waals surface area contributed by atoms with Crippen LogP contribution in [0.25, 0.3) is 0 Å². The van der Waals surface area contributed by atoms with Gasteiger partial charge in [-0.25, -0.2) is 0 Å². The summed E-state index contributed by atoms with van der Waals surface area (Å²) in [6.45, 7) is 0. The summed E-state index contributed by atoms with van der Waals surface area (Å²) >= 11 is -1.04. The monoisotopic (exact) mass is 301 g/mol. The summed E-state index contributed by atoms with van der Waals surface area (Å²) in [5.74, 6) is 0. The standard InChI is InChI=1S/C12H16IN/c14-12-8-4-5-9-13(12)10-11-6-2-1-3-7-11/h1-3,6-7,14H,4-5,8-10H2. The minimum atomic E-state index is -1.04. The molecule has 0 atom stereocenters. The fraction of sp³-hybridized carbons (Fsp3) is 0.417. The molecule has 1 aromatic rings. The van der Waals surface area contributed by atoms with Gasteiger partial charge in [0.2, 0.25) is 0 Å². The normalized spacial score (nSPS) is 19.7. The van der Waals surface area contributed by atoms with E-state index in [4.69, 9.17) is 5.41 Å². The van der Waals surface area contributed by atoms with E-state index < -0.39 is 19.8 Å². The van der Waals surface area contributed by atoms with Crippen LogP contribution in [0, 0.1) is 5.41 Å². The van der Waals surface area contributed by atoms with Crippen molar-refractivity contribution in [1.29, 1.82) is 5.41 Å². The Kier molecular flexibility index (Phi) is 3.56. The average molecular weight is 301 g/mol. The van der Waals surface area contributed by atoms with Crippen molar-refractivity contribution < 1.29 is 0 Å². The summed E-state index contributed by atoms with van der Waals surface area (Å²) in [7, 11) is 0. The maximum atomic E-state index is 7.96. The van der Waals surface area contributed by atoms with Crippen molar-refractivity contribution in [2.75, 3.05) is 4.43 Å².